The molecule has 0 radical (unpaired) electrons. The number of nitrogens with zero attached hydrogens (tertiary/aromatic N) is 1. The highest BCUT2D eigenvalue weighted by atomic mass is 79.9. The van der Waals surface area contributed by atoms with Crippen molar-refractivity contribution in [1.82, 2.24) is 4.98 Å². The Morgan fingerprint density at radius 3 is 2.70 bits per heavy atom. The summed E-state index contributed by atoms with van der Waals surface area (Å²) in [5, 5.41) is 9.31. The molecule has 20 heavy (non-hydrogen) atoms. The highest BCUT2D eigenvalue weighted by Crippen LogP contribution is 2.26. The molecule has 0 atom stereocenters. The molecule has 2 rings (SSSR count). The lowest BCUT2D eigenvalue weighted by atomic mass is 10.2. The maximum atomic E-state index is 9.31. The van der Waals surface area contributed by atoms with E-state index >= 15 is 0 Å². The maximum Gasteiger partial charge on any atom is 0.219 e. The molecule has 1 N–H and O–H groups in total. The number of benzene rings is 1. The standard InChI is InChI=1S/C16H18BrNO2/c1-3-4-13-8-12(10-19)9-16(18-13)20-14-5-6-15(17)11(2)7-14/h5-9,19H,3-4,10H2,1-2H3. The smallest absolute Gasteiger partial charge is 0.219 e. The molecule has 1 aromatic heterocycles. The number of aryl methyl sites for hydroxylation is 2. The van der Waals surface area contributed by atoms with Crippen molar-refractivity contribution in [1.29, 1.82) is 0 Å². The Hall–Kier alpha value is -1.39. The second-order valence-corrected chi connectivity index (χ2v) is 5.58. The summed E-state index contributed by atoms with van der Waals surface area (Å²) < 4.78 is 6.85. The van der Waals surface area contributed by atoms with E-state index < -0.39 is 0 Å². The van der Waals surface area contributed by atoms with E-state index in [0.717, 1.165) is 39.9 Å². The van der Waals surface area contributed by atoms with Gasteiger partial charge in [-0.3, -0.25) is 0 Å². The summed E-state index contributed by atoms with van der Waals surface area (Å²) in [4.78, 5) is 4.47. The van der Waals surface area contributed by atoms with E-state index in [4.69, 9.17) is 4.74 Å². The molecule has 0 saturated heterocycles. The van der Waals surface area contributed by atoms with Crippen LogP contribution < -0.4 is 4.74 Å². The van der Waals surface area contributed by atoms with Gasteiger partial charge in [0.05, 0.1) is 6.61 Å². The van der Waals surface area contributed by atoms with E-state index in [1.807, 2.05) is 31.2 Å². The Kier molecular flexibility index (Phi) is 5.15. The minimum atomic E-state index is -0.00500. The van der Waals surface area contributed by atoms with Crippen molar-refractivity contribution in [3.8, 4) is 11.6 Å². The topological polar surface area (TPSA) is 42.4 Å². The third-order valence-electron chi connectivity index (χ3n) is 2.96. The fourth-order valence-corrected chi connectivity index (χ4v) is 2.20. The van der Waals surface area contributed by atoms with E-state index in [1.165, 1.54) is 0 Å². The van der Waals surface area contributed by atoms with Gasteiger partial charge in [-0.2, -0.15) is 0 Å². The third kappa shape index (κ3) is 3.81. The molecule has 1 aromatic carbocycles. The molecule has 3 nitrogen and oxygen atoms in total. The number of hydrogen-bond donors (Lipinski definition) is 1. The first kappa shape index (κ1) is 15.0. The molecule has 1 heterocycles. The van der Waals surface area contributed by atoms with Crippen molar-refractivity contribution in [2.24, 2.45) is 0 Å². The van der Waals surface area contributed by atoms with Gasteiger partial charge in [-0.1, -0.05) is 29.3 Å². The summed E-state index contributed by atoms with van der Waals surface area (Å²) in [6, 6.07) is 9.49. The third-order valence-corrected chi connectivity index (χ3v) is 3.84. The van der Waals surface area contributed by atoms with Crippen molar-refractivity contribution in [2.45, 2.75) is 33.3 Å². The van der Waals surface area contributed by atoms with Crippen LogP contribution in [0.5, 0.6) is 11.6 Å². The summed E-state index contributed by atoms with van der Waals surface area (Å²) in [5.41, 5.74) is 2.88. The zero-order chi connectivity index (χ0) is 14.5. The summed E-state index contributed by atoms with van der Waals surface area (Å²) in [6.45, 7) is 4.11. The van der Waals surface area contributed by atoms with E-state index in [2.05, 4.69) is 27.8 Å². The Balaban J connectivity index is 2.27. The zero-order valence-corrected chi connectivity index (χ0v) is 13.3. The molecule has 0 aliphatic carbocycles. The molecule has 0 aliphatic rings. The van der Waals surface area contributed by atoms with E-state index in [-0.39, 0.29) is 6.61 Å². The normalized spacial score (nSPS) is 10.6. The molecular formula is C16H18BrNO2. The molecule has 4 heteroatoms. The second-order valence-electron chi connectivity index (χ2n) is 4.73. The van der Waals surface area contributed by atoms with Crippen molar-refractivity contribution >= 4 is 15.9 Å². The van der Waals surface area contributed by atoms with Crippen molar-refractivity contribution in [3.63, 3.8) is 0 Å². The van der Waals surface area contributed by atoms with E-state index in [9.17, 15) is 5.11 Å². The Labute approximate surface area is 127 Å². The van der Waals surface area contributed by atoms with E-state index in [1.54, 1.807) is 6.07 Å². The predicted molar refractivity (Wildman–Crippen MR) is 83.1 cm³/mol. The van der Waals surface area contributed by atoms with Crippen molar-refractivity contribution in [2.75, 3.05) is 0 Å². The fourth-order valence-electron chi connectivity index (χ4n) is 1.95. The van der Waals surface area contributed by atoms with Gasteiger partial charge in [0.25, 0.3) is 0 Å². The van der Waals surface area contributed by atoms with Crippen molar-refractivity contribution in [3.05, 3.63) is 51.6 Å². The summed E-state index contributed by atoms with van der Waals surface area (Å²) in [5.74, 6) is 1.28. The van der Waals surface area contributed by atoms with Gasteiger partial charge in [-0.05, 0) is 48.7 Å². The van der Waals surface area contributed by atoms with Crippen LogP contribution in [0.4, 0.5) is 0 Å². The fraction of sp³-hybridized carbons (Fsp3) is 0.312. The molecule has 0 saturated carbocycles. The molecule has 0 spiro atoms. The van der Waals surface area contributed by atoms with Crippen molar-refractivity contribution < 1.29 is 9.84 Å². The molecule has 0 unspecified atom stereocenters. The van der Waals surface area contributed by atoms with Crippen LogP contribution in [-0.4, -0.2) is 10.1 Å². The first-order valence-electron chi connectivity index (χ1n) is 6.67. The number of halogens is 1. The van der Waals surface area contributed by atoms with Gasteiger partial charge < -0.3 is 9.84 Å². The van der Waals surface area contributed by atoms with Crippen LogP contribution in [-0.2, 0) is 13.0 Å². The molecule has 0 bridgehead atoms. The number of hydrogen-bond acceptors (Lipinski definition) is 3. The highest BCUT2D eigenvalue weighted by Gasteiger charge is 2.05. The molecule has 0 amide bonds. The van der Waals surface area contributed by atoms with Crippen LogP contribution >= 0.6 is 15.9 Å². The van der Waals surface area contributed by atoms with Gasteiger partial charge in [-0.25, -0.2) is 4.98 Å². The second kappa shape index (κ2) is 6.86. The predicted octanol–water partition coefficient (Wildman–Crippen LogP) is 4.39. The largest absolute Gasteiger partial charge is 0.439 e. The van der Waals surface area contributed by atoms with Gasteiger partial charge in [-0.15, -0.1) is 0 Å². The SMILES string of the molecule is CCCc1cc(CO)cc(Oc2ccc(Br)c(C)c2)n1. The Morgan fingerprint density at radius 1 is 1.25 bits per heavy atom. The summed E-state index contributed by atoms with van der Waals surface area (Å²) >= 11 is 3.47. The van der Waals surface area contributed by atoms with Gasteiger partial charge in [0.1, 0.15) is 5.75 Å². The van der Waals surface area contributed by atoms with Crippen LogP contribution in [0.15, 0.2) is 34.8 Å². The van der Waals surface area contributed by atoms with Crippen LogP contribution in [0.3, 0.4) is 0 Å². The molecule has 2 aromatic rings. The number of rotatable bonds is 5. The zero-order valence-electron chi connectivity index (χ0n) is 11.7. The quantitative estimate of drug-likeness (QED) is 0.881. The summed E-state index contributed by atoms with van der Waals surface area (Å²) in [7, 11) is 0. The van der Waals surface area contributed by atoms with Gasteiger partial charge in [0.2, 0.25) is 5.88 Å². The van der Waals surface area contributed by atoms with Gasteiger partial charge in [0.15, 0.2) is 0 Å². The van der Waals surface area contributed by atoms with Crippen LogP contribution in [0.2, 0.25) is 0 Å². The Morgan fingerprint density at radius 2 is 2.05 bits per heavy atom. The van der Waals surface area contributed by atoms with Crippen LogP contribution in [0, 0.1) is 6.92 Å². The maximum absolute atomic E-state index is 9.31. The van der Waals surface area contributed by atoms with Gasteiger partial charge in [0, 0.05) is 16.2 Å². The number of aliphatic hydroxyl groups excluding tert-OH is 1. The average Bonchev–Trinajstić information content (AvgIpc) is 2.43. The first-order chi connectivity index (χ1) is 9.62. The number of aromatic nitrogens is 1. The average molecular weight is 336 g/mol. The number of ether oxygens (including phenoxy) is 1. The lowest BCUT2D eigenvalue weighted by Gasteiger charge is -2.09. The lowest BCUT2D eigenvalue weighted by Crippen LogP contribution is -1.97. The monoisotopic (exact) mass is 335 g/mol. The van der Waals surface area contributed by atoms with Crippen LogP contribution in [0.1, 0.15) is 30.2 Å². The van der Waals surface area contributed by atoms with E-state index in [0.29, 0.717) is 5.88 Å². The minimum Gasteiger partial charge on any atom is -0.439 e. The minimum absolute atomic E-state index is 0.00500. The molecular weight excluding hydrogens is 318 g/mol. The number of aliphatic hydroxyl groups is 1. The lowest BCUT2D eigenvalue weighted by molar-refractivity contribution is 0.280. The molecule has 0 aliphatic heterocycles. The summed E-state index contributed by atoms with van der Waals surface area (Å²) in [6.07, 6.45) is 1.89. The van der Waals surface area contributed by atoms with Crippen LogP contribution in [0.25, 0.3) is 0 Å². The number of pyridine rings is 1. The first-order valence-corrected chi connectivity index (χ1v) is 7.46. The Bertz CT molecular complexity index is 599. The highest BCUT2D eigenvalue weighted by molar-refractivity contribution is 9.10. The molecule has 0 fully saturated rings. The molecule has 106 valence electrons. The van der Waals surface area contributed by atoms with Gasteiger partial charge >= 0.3 is 0 Å².